The van der Waals surface area contributed by atoms with Gasteiger partial charge in [-0.3, -0.25) is 4.79 Å². The number of carbonyl (C=O) groups is 2. The van der Waals surface area contributed by atoms with Crippen molar-refractivity contribution in [3.63, 3.8) is 0 Å². The van der Waals surface area contributed by atoms with E-state index in [9.17, 15) is 14.7 Å². The maximum Gasteiger partial charge on any atom is 0.338 e. The first kappa shape index (κ1) is 24.8. The van der Waals surface area contributed by atoms with Crippen molar-refractivity contribution in [2.24, 2.45) is 16.9 Å². The Bertz CT molecular complexity index is 825. The second-order valence-corrected chi connectivity index (χ2v) is 8.89. The zero-order chi connectivity index (χ0) is 23.5. The second kappa shape index (κ2) is 13.0. The van der Waals surface area contributed by atoms with Crippen molar-refractivity contribution in [2.75, 3.05) is 19.7 Å². The number of hydrogen-bond acceptors (Lipinski definition) is 5. The van der Waals surface area contributed by atoms with E-state index >= 15 is 0 Å². The molecule has 0 spiro atoms. The molecule has 0 radical (unpaired) electrons. The lowest BCUT2D eigenvalue weighted by Crippen LogP contribution is -2.42. The Balaban J connectivity index is 1.82. The van der Waals surface area contributed by atoms with E-state index in [1.807, 2.05) is 30.3 Å². The molecule has 0 saturated heterocycles. The summed E-state index contributed by atoms with van der Waals surface area (Å²) in [6.07, 6.45) is 10.9. The molecule has 2 fully saturated rings. The number of carbonyl (C=O) groups excluding carboxylic acids is 2. The highest BCUT2D eigenvalue weighted by atomic mass is 16.5. The van der Waals surface area contributed by atoms with Crippen molar-refractivity contribution in [1.29, 1.82) is 0 Å². The van der Waals surface area contributed by atoms with Crippen LogP contribution < -0.4 is 5.32 Å². The molecule has 180 valence electrons. The van der Waals surface area contributed by atoms with Gasteiger partial charge >= 0.3 is 12.0 Å². The Morgan fingerprint density at radius 1 is 1.06 bits per heavy atom. The molecule has 2 aliphatic carbocycles. The van der Waals surface area contributed by atoms with Gasteiger partial charge in [0.25, 0.3) is 0 Å². The first-order valence-corrected chi connectivity index (χ1v) is 12.3. The predicted octanol–water partition coefficient (Wildman–Crippen LogP) is 5.18. The van der Waals surface area contributed by atoms with E-state index in [1.165, 1.54) is 11.4 Å². The van der Waals surface area contributed by atoms with E-state index in [0.29, 0.717) is 5.92 Å². The Kier molecular flexibility index (Phi) is 9.78. The van der Waals surface area contributed by atoms with Crippen LogP contribution in [0, 0.1) is 11.8 Å². The highest BCUT2D eigenvalue weighted by Crippen LogP contribution is 2.30. The standard InChI is InChI=1S/C26H37N3O4/c1-2-33-24(31)18-29(26(32)27-17-23(19-30)20-11-9-10-12-20)28-25(21-13-5-3-6-14-21)22-15-7-4-8-16-22/h3,5-6,13-14,19-20,22,30H,2,4,7-12,15-18H2,1H3,(H,27,32)/b23-19?,28-25+. The third-order valence-electron chi connectivity index (χ3n) is 6.60. The summed E-state index contributed by atoms with van der Waals surface area (Å²) in [5, 5.41) is 18.5. The molecule has 2 N–H and O–H groups in total. The SMILES string of the molecule is CCOC(=O)CN(/N=C(\c1ccccc1)C1CCCCC1)C(=O)NCC(=CO)C1CCCC1. The summed E-state index contributed by atoms with van der Waals surface area (Å²) >= 11 is 0. The molecule has 0 aliphatic heterocycles. The summed E-state index contributed by atoms with van der Waals surface area (Å²) in [5.74, 6) is 0.0330. The number of hydrazone groups is 1. The summed E-state index contributed by atoms with van der Waals surface area (Å²) in [5.41, 5.74) is 2.62. The van der Waals surface area contributed by atoms with E-state index in [4.69, 9.17) is 9.84 Å². The lowest BCUT2D eigenvalue weighted by molar-refractivity contribution is -0.143. The van der Waals surface area contributed by atoms with E-state index in [2.05, 4.69) is 5.32 Å². The van der Waals surface area contributed by atoms with Crippen molar-refractivity contribution < 1.29 is 19.4 Å². The van der Waals surface area contributed by atoms with Gasteiger partial charge in [0.1, 0.15) is 6.54 Å². The lowest BCUT2D eigenvalue weighted by atomic mass is 9.83. The molecule has 0 unspecified atom stereocenters. The Hall–Kier alpha value is -2.83. The molecular weight excluding hydrogens is 418 g/mol. The molecule has 0 atom stereocenters. The van der Waals surface area contributed by atoms with Crippen LogP contribution in [0.2, 0.25) is 0 Å². The first-order valence-electron chi connectivity index (χ1n) is 12.3. The number of esters is 1. The van der Waals surface area contributed by atoms with Gasteiger partial charge in [0.15, 0.2) is 0 Å². The average Bonchev–Trinajstić information content (AvgIpc) is 3.38. The highest BCUT2D eigenvalue weighted by Gasteiger charge is 2.26. The van der Waals surface area contributed by atoms with Gasteiger partial charge in [0.05, 0.1) is 18.6 Å². The van der Waals surface area contributed by atoms with Crippen LogP contribution >= 0.6 is 0 Å². The lowest BCUT2D eigenvalue weighted by Gasteiger charge is -2.26. The number of hydrogen-bond donors (Lipinski definition) is 2. The van der Waals surface area contributed by atoms with E-state index < -0.39 is 12.0 Å². The molecule has 0 aromatic heterocycles. The summed E-state index contributed by atoms with van der Waals surface area (Å²) in [7, 11) is 0. The number of nitrogens with zero attached hydrogens (tertiary/aromatic N) is 2. The number of aliphatic hydroxyl groups excluding tert-OH is 1. The summed E-state index contributed by atoms with van der Waals surface area (Å²) < 4.78 is 5.10. The normalized spacial score (nSPS) is 18.2. The first-order chi connectivity index (χ1) is 16.1. The third kappa shape index (κ3) is 7.34. The van der Waals surface area contributed by atoms with Gasteiger partial charge in [-0.15, -0.1) is 0 Å². The summed E-state index contributed by atoms with van der Waals surface area (Å²) in [4.78, 5) is 25.5. The van der Waals surface area contributed by atoms with Crippen LogP contribution in [0.15, 0.2) is 47.3 Å². The van der Waals surface area contributed by atoms with Crippen molar-refractivity contribution in [3.05, 3.63) is 47.7 Å². The van der Waals surface area contributed by atoms with Crippen LogP contribution in [-0.2, 0) is 9.53 Å². The van der Waals surface area contributed by atoms with Gasteiger partial charge in [-0.05, 0) is 49.7 Å². The molecule has 2 saturated carbocycles. The smallest absolute Gasteiger partial charge is 0.338 e. The van der Waals surface area contributed by atoms with Crippen molar-refractivity contribution in [3.8, 4) is 0 Å². The molecule has 33 heavy (non-hydrogen) atoms. The van der Waals surface area contributed by atoms with Gasteiger partial charge in [0.2, 0.25) is 0 Å². The number of nitrogens with one attached hydrogen (secondary N) is 1. The van der Waals surface area contributed by atoms with Crippen LogP contribution in [0.4, 0.5) is 4.79 Å². The number of ether oxygens (including phenoxy) is 1. The molecular formula is C26H37N3O4. The maximum atomic E-state index is 13.2. The van der Waals surface area contributed by atoms with E-state index in [1.54, 1.807) is 6.92 Å². The number of urea groups is 1. The van der Waals surface area contributed by atoms with Gasteiger partial charge < -0.3 is 15.2 Å². The van der Waals surface area contributed by atoms with Crippen molar-refractivity contribution >= 4 is 17.7 Å². The predicted molar refractivity (Wildman–Crippen MR) is 129 cm³/mol. The molecule has 0 bridgehead atoms. The minimum Gasteiger partial charge on any atom is -0.516 e. The third-order valence-corrected chi connectivity index (χ3v) is 6.60. The number of rotatable bonds is 9. The van der Waals surface area contributed by atoms with Crippen LogP contribution in [-0.4, -0.2) is 47.5 Å². The molecule has 0 heterocycles. The van der Waals surface area contributed by atoms with Gasteiger partial charge in [0, 0.05) is 12.5 Å². The maximum absolute atomic E-state index is 13.2. The number of amides is 2. The van der Waals surface area contributed by atoms with Crippen LogP contribution in [0.5, 0.6) is 0 Å². The molecule has 2 amide bonds. The molecule has 7 heteroatoms. The van der Waals surface area contributed by atoms with Crippen LogP contribution in [0.1, 0.15) is 70.3 Å². The Morgan fingerprint density at radius 3 is 2.33 bits per heavy atom. The highest BCUT2D eigenvalue weighted by molar-refractivity contribution is 6.02. The molecule has 3 rings (SSSR count). The zero-order valence-electron chi connectivity index (χ0n) is 19.7. The largest absolute Gasteiger partial charge is 0.516 e. The van der Waals surface area contributed by atoms with Gasteiger partial charge in [-0.25, -0.2) is 9.80 Å². The summed E-state index contributed by atoms with van der Waals surface area (Å²) in [6, 6.07) is 9.41. The fourth-order valence-corrected chi connectivity index (χ4v) is 4.83. The number of benzene rings is 1. The second-order valence-electron chi connectivity index (χ2n) is 8.89. The minimum atomic E-state index is -0.499. The fourth-order valence-electron chi connectivity index (χ4n) is 4.83. The van der Waals surface area contributed by atoms with Crippen LogP contribution in [0.3, 0.4) is 0 Å². The molecule has 1 aromatic carbocycles. The fraction of sp³-hybridized carbons (Fsp3) is 0.577. The van der Waals surface area contributed by atoms with Crippen molar-refractivity contribution in [2.45, 2.75) is 64.7 Å². The molecule has 7 nitrogen and oxygen atoms in total. The number of aliphatic hydroxyl groups is 1. The molecule has 2 aliphatic rings. The van der Waals surface area contributed by atoms with Crippen molar-refractivity contribution in [1.82, 2.24) is 10.3 Å². The van der Waals surface area contributed by atoms with E-state index in [-0.39, 0.29) is 25.6 Å². The summed E-state index contributed by atoms with van der Waals surface area (Å²) in [6.45, 7) is 1.96. The average molecular weight is 456 g/mol. The topological polar surface area (TPSA) is 91.2 Å². The Morgan fingerprint density at radius 2 is 1.70 bits per heavy atom. The zero-order valence-corrected chi connectivity index (χ0v) is 19.7. The minimum absolute atomic E-state index is 0.235. The van der Waals surface area contributed by atoms with Gasteiger partial charge in [-0.2, -0.15) is 5.10 Å². The monoisotopic (exact) mass is 455 g/mol. The quantitative estimate of drug-likeness (QED) is 0.232. The molecule has 1 aromatic rings. The van der Waals surface area contributed by atoms with Crippen LogP contribution in [0.25, 0.3) is 0 Å². The Labute approximate surface area is 196 Å². The van der Waals surface area contributed by atoms with Gasteiger partial charge in [-0.1, -0.05) is 62.4 Å². The van der Waals surface area contributed by atoms with E-state index in [0.717, 1.165) is 74.5 Å².